The first-order valence-corrected chi connectivity index (χ1v) is 4.09. The summed E-state index contributed by atoms with van der Waals surface area (Å²) in [5.74, 6) is 0.000772. The molecule has 0 heterocycles. The van der Waals surface area contributed by atoms with Crippen molar-refractivity contribution in [3.8, 4) is 0 Å². The van der Waals surface area contributed by atoms with Gasteiger partial charge in [-0.15, -0.1) is 0 Å². The average molecular weight is 178 g/mol. The van der Waals surface area contributed by atoms with Crippen LogP contribution in [-0.2, 0) is 4.79 Å². The lowest BCUT2D eigenvalue weighted by Crippen LogP contribution is -2.17. The Hall–Kier alpha value is -0.0600. The molecule has 0 aromatic heterocycles. The smallest absolute Gasteiger partial charge is 0.145 e. The van der Waals surface area contributed by atoms with Gasteiger partial charge in [0.25, 0.3) is 0 Å². The molecule has 11 heavy (non-hydrogen) atoms. The van der Waals surface area contributed by atoms with Crippen molar-refractivity contribution in [3.63, 3.8) is 0 Å². The summed E-state index contributed by atoms with van der Waals surface area (Å²) < 4.78 is 0. The Kier molecular flexibility index (Phi) is 5.54. The zero-order chi connectivity index (χ0) is 8.85. The summed E-state index contributed by atoms with van der Waals surface area (Å²) in [6.07, 6.45) is -0.168. The number of hydrogen-bond acceptors (Lipinski definition) is 4. The summed E-state index contributed by atoms with van der Waals surface area (Å²) in [5.41, 5.74) is 0. The van der Waals surface area contributed by atoms with Crippen molar-refractivity contribution >= 4 is 18.4 Å². The van der Waals surface area contributed by atoms with Crippen LogP contribution in [0.1, 0.15) is 19.8 Å². The minimum atomic E-state index is -0.772. The quantitative estimate of drug-likeness (QED) is 0.520. The summed E-state index contributed by atoms with van der Waals surface area (Å²) in [6.45, 7) is 1.41. The summed E-state index contributed by atoms with van der Waals surface area (Å²) in [5, 5.41) is 17.0. The second kappa shape index (κ2) is 5.57. The molecule has 2 atom stereocenters. The monoisotopic (exact) mass is 178 g/mol. The minimum Gasteiger partial charge on any atom is -0.394 e. The maximum atomic E-state index is 10.9. The van der Waals surface area contributed by atoms with E-state index < -0.39 is 6.10 Å². The molecule has 0 bridgehead atoms. The number of aliphatic hydroxyl groups is 2. The molecule has 0 radical (unpaired) electrons. The zero-order valence-corrected chi connectivity index (χ0v) is 7.42. The first-order valence-electron chi connectivity index (χ1n) is 3.57. The van der Waals surface area contributed by atoms with E-state index in [2.05, 4.69) is 12.6 Å². The van der Waals surface area contributed by atoms with Crippen LogP contribution in [0.5, 0.6) is 0 Å². The van der Waals surface area contributed by atoms with Crippen molar-refractivity contribution in [2.24, 2.45) is 0 Å². The molecule has 66 valence electrons. The Morgan fingerprint density at radius 1 is 1.64 bits per heavy atom. The van der Waals surface area contributed by atoms with Gasteiger partial charge in [0.2, 0.25) is 0 Å². The lowest BCUT2D eigenvalue weighted by Gasteiger charge is -2.06. The van der Waals surface area contributed by atoms with Gasteiger partial charge in [0.05, 0.1) is 18.0 Å². The van der Waals surface area contributed by atoms with Crippen LogP contribution in [0.2, 0.25) is 0 Å². The van der Waals surface area contributed by atoms with E-state index >= 15 is 0 Å². The molecular formula is C7H14O3S. The number of carbonyl (C=O) groups is 1. The molecule has 0 aromatic rings. The molecule has 3 nitrogen and oxygen atoms in total. The van der Waals surface area contributed by atoms with Crippen LogP contribution in [0, 0.1) is 0 Å². The third-order valence-corrected chi connectivity index (χ3v) is 1.69. The fraction of sp³-hybridized carbons (Fsp3) is 0.857. The van der Waals surface area contributed by atoms with E-state index in [0.717, 1.165) is 0 Å². The lowest BCUT2D eigenvalue weighted by molar-refractivity contribution is -0.118. The molecule has 0 spiro atoms. The van der Waals surface area contributed by atoms with Gasteiger partial charge in [0, 0.05) is 6.42 Å². The maximum absolute atomic E-state index is 10.9. The van der Waals surface area contributed by atoms with Gasteiger partial charge in [-0.1, -0.05) is 0 Å². The second-order valence-electron chi connectivity index (χ2n) is 2.52. The van der Waals surface area contributed by atoms with Gasteiger partial charge in [-0.05, 0) is 13.3 Å². The second-order valence-corrected chi connectivity index (χ2v) is 3.29. The maximum Gasteiger partial charge on any atom is 0.145 e. The molecule has 0 saturated heterocycles. The van der Waals surface area contributed by atoms with Crippen LogP contribution in [-0.4, -0.2) is 34.0 Å². The van der Waals surface area contributed by atoms with Crippen molar-refractivity contribution in [1.29, 1.82) is 0 Å². The number of aliphatic hydroxyl groups excluding tert-OH is 2. The van der Waals surface area contributed by atoms with E-state index in [1.165, 1.54) is 0 Å². The fourth-order valence-electron chi connectivity index (χ4n) is 0.609. The van der Waals surface area contributed by atoms with Crippen LogP contribution >= 0.6 is 12.6 Å². The van der Waals surface area contributed by atoms with Crippen molar-refractivity contribution in [1.82, 2.24) is 0 Å². The number of Topliss-reactive ketones (excluding diaryl/α,β-unsaturated/α-hetero) is 1. The van der Waals surface area contributed by atoms with E-state index in [-0.39, 0.29) is 24.1 Å². The number of ketones is 1. The third kappa shape index (κ3) is 5.24. The predicted molar refractivity (Wildman–Crippen MR) is 45.8 cm³/mol. The topological polar surface area (TPSA) is 57.5 Å². The van der Waals surface area contributed by atoms with Crippen LogP contribution in [0.4, 0.5) is 0 Å². The standard InChI is InChI=1S/C7H14O3S/c1-5(11)7(10)3-2-6(9)4-8/h5-6,8-9,11H,2-4H2,1H3. The van der Waals surface area contributed by atoms with Crippen molar-refractivity contribution in [2.45, 2.75) is 31.1 Å². The molecule has 0 aliphatic carbocycles. The van der Waals surface area contributed by atoms with Gasteiger partial charge in [-0.3, -0.25) is 4.79 Å². The SMILES string of the molecule is CC(S)C(=O)CCC(O)CO. The Morgan fingerprint density at radius 3 is 2.55 bits per heavy atom. The fourth-order valence-corrected chi connectivity index (χ4v) is 0.738. The highest BCUT2D eigenvalue weighted by Gasteiger charge is 2.10. The summed E-state index contributed by atoms with van der Waals surface area (Å²) in [7, 11) is 0. The molecule has 0 amide bonds. The Morgan fingerprint density at radius 2 is 2.18 bits per heavy atom. The zero-order valence-electron chi connectivity index (χ0n) is 6.53. The van der Waals surface area contributed by atoms with Crippen LogP contribution in [0.25, 0.3) is 0 Å². The summed E-state index contributed by atoms with van der Waals surface area (Å²) >= 11 is 3.93. The molecule has 0 saturated carbocycles. The van der Waals surface area contributed by atoms with Gasteiger partial charge >= 0.3 is 0 Å². The van der Waals surface area contributed by atoms with Crippen LogP contribution in [0.15, 0.2) is 0 Å². The first kappa shape index (κ1) is 10.9. The normalized spacial score (nSPS) is 16.0. The number of carbonyl (C=O) groups excluding carboxylic acids is 1. The van der Waals surface area contributed by atoms with Gasteiger partial charge in [-0.25, -0.2) is 0 Å². The van der Waals surface area contributed by atoms with Gasteiger partial charge in [0.1, 0.15) is 5.78 Å². The lowest BCUT2D eigenvalue weighted by atomic mass is 10.1. The highest BCUT2D eigenvalue weighted by molar-refractivity contribution is 7.81. The molecule has 0 aliphatic rings. The molecule has 0 aromatic carbocycles. The van der Waals surface area contributed by atoms with Crippen molar-refractivity contribution in [2.75, 3.05) is 6.61 Å². The largest absolute Gasteiger partial charge is 0.394 e. The molecule has 2 unspecified atom stereocenters. The van der Waals surface area contributed by atoms with E-state index in [1.54, 1.807) is 6.92 Å². The number of hydrogen-bond donors (Lipinski definition) is 3. The van der Waals surface area contributed by atoms with Crippen LogP contribution < -0.4 is 0 Å². The van der Waals surface area contributed by atoms with E-state index in [1.807, 2.05) is 0 Å². The highest BCUT2D eigenvalue weighted by Crippen LogP contribution is 2.03. The first-order chi connectivity index (χ1) is 5.07. The summed E-state index contributed by atoms with van der Waals surface area (Å²) in [4.78, 5) is 10.9. The molecular weight excluding hydrogens is 164 g/mol. The molecule has 0 aliphatic heterocycles. The van der Waals surface area contributed by atoms with E-state index in [9.17, 15) is 4.79 Å². The van der Waals surface area contributed by atoms with E-state index in [0.29, 0.717) is 6.42 Å². The molecule has 0 rings (SSSR count). The van der Waals surface area contributed by atoms with Gasteiger partial charge in [-0.2, -0.15) is 12.6 Å². The highest BCUT2D eigenvalue weighted by atomic mass is 32.1. The Balaban J connectivity index is 3.46. The molecule has 2 N–H and O–H groups in total. The summed E-state index contributed by atoms with van der Waals surface area (Å²) in [6, 6.07) is 0. The van der Waals surface area contributed by atoms with Gasteiger partial charge < -0.3 is 10.2 Å². The molecule has 0 fully saturated rings. The van der Waals surface area contributed by atoms with Gasteiger partial charge in [0.15, 0.2) is 0 Å². The molecule has 4 heteroatoms. The van der Waals surface area contributed by atoms with Crippen molar-refractivity contribution in [3.05, 3.63) is 0 Å². The number of thiol groups is 1. The Labute approximate surface area is 71.8 Å². The minimum absolute atomic E-state index is 0.000772. The Bertz CT molecular complexity index is 125. The van der Waals surface area contributed by atoms with E-state index in [4.69, 9.17) is 10.2 Å². The van der Waals surface area contributed by atoms with Crippen molar-refractivity contribution < 1.29 is 15.0 Å². The predicted octanol–water partition coefficient (Wildman–Crippen LogP) is 0.00720. The van der Waals surface area contributed by atoms with Crippen LogP contribution in [0.3, 0.4) is 0 Å². The number of rotatable bonds is 5. The third-order valence-electron chi connectivity index (χ3n) is 1.40. The average Bonchev–Trinajstić information content (AvgIpc) is 1.99.